The van der Waals surface area contributed by atoms with Gasteiger partial charge in [0.15, 0.2) is 22.9 Å². The van der Waals surface area contributed by atoms with Crippen LogP contribution in [0.4, 0.5) is 0 Å². The molecule has 0 unspecified atom stereocenters. The van der Waals surface area contributed by atoms with Gasteiger partial charge in [0.1, 0.15) is 0 Å². The van der Waals surface area contributed by atoms with E-state index in [-0.39, 0.29) is 11.4 Å². The van der Waals surface area contributed by atoms with Crippen LogP contribution in [-0.4, -0.2) is 40.9 Å². The molecule has 0 spiro atoms. The molecule has 0 aliphatic heterocycles. The lowest BCUT2D eigenvalue weighted by molar-refractivity contribution is 0.0582. The fraction of sp³-hybridized carbons (Fsp3) is 0.143. The maximum atomic E-state index is 11.9. The number of rotatable bonds is 3. The number of hydrogen-bond acceptors (Lipinski definition) is 6. The van der Waals surface area contributed by atoms with Crippen molar-refractivity contribution in [1.29, 1.82) is 0 Å². The number of aromatic hydroxyl groups is 2. The number of carbonyl (C=O) groups is 2. The number of nitrogens with zero attached hydrogens (tertiary/aromatic N) is 1. The molecule has 0 bridgehead atoms. The van der Waals surface area contributed by atoms with Crippen molar-refractivity contribution in [3.63, 3.8) is 0 Å². The van der Waals surface area contributed by atoms with Gasteiger partial charge in [0.2, 0.25) is 0 Å². The van der Waals surface area contributed by atoms with E-state index in [4.69, 9.17) is 0 Å². The smallest absolute Gasteiger partial charge is 0.359 e. The predicted molar refractivity (Wildman–Crippen MR) is 79.5 cm³/mol. The molecule has 1 aromatic heterocycles. The standard InChI is InChI=1S/C14H12BrNO6/c1-21-13(19)9-11(17)12(18)10(14(20)22-2)16(9)8-5-3-7(15)4-6-8/h3-6,17-18H,1-2H3. The van der Waals surface area contributed by atoms with Crippen LogP contribution in [0.25, 0.3) is 5.69 Å². The number of aromatic nitrogens is 1. The molecule has 2 rings (SSSR count). The van der Waals surface area contributed by atoms with E-state index in [1.165, 1.54) is 0 Å². The van der Waals surface area contributed by atoms with Crippen molar-refractivity contribution in [2.75, 3.05) is 14.2 Å². The second kappa shape index (κ2) is 6.10. The molecule has 0 radical (unpaired) electrons. The van der Waals surface area contributed by atoms with Crippen LogP contribution in [0.2, 0.25) is 0 Å². The summed E-state index contributed by atoms with van der Waals surface area (Å²) in [5.41, 5.74) is -0.384. The summed E-state index contributed by atoms with van der Waals surface area (Å²) in [5, 5.41) is 19.9. The van der Waals surface area contributed by atoms with Crippen LogP contribution in [-0.2, 0) is 9.47 Å². The number of methoxy groups -OCH3 is 2. The third kappa shape index (κ3) is 2.52. The highest BCUT2D eigenvalue weighted by Crippen LogP contribution is 2.39. The summed E-state index contributed by atoms with van der Waals surface area (Å²) in [7, 11) is 2.24. The van der Waals surface area contributed by atoms with Crippen molar-refractivity contribution in [2.24, 2.45) is 0 Å². The lowest BCUT2D eigenvalue weighted by atomic mass is 10.3. The van der Waals surface area contributed by atoms with Crippen molar-refractivity contribution in [2.45, 2.75) is 0 Å². The van der Waals surface area contributed by atoms with Crippen molar-refractivity contribution in [1.82, 2.24) is 4.57 Å². The van der Waals surface area contributed by atoms with Gasteiger partial charge in [-0.1, -0.05) is 15.9 Å². The Morgan fingerprint density at radius 1 is 0.955 bits per heavy atom. The average molecular weight is 370 g/mol. The summed E-state index contributed by atoms with van der Waals surface area (Å²) in [6.45, 7) is 0. The lowest BCUT2D eigenvalue weighted by Gasteiger charge is -2.11. The SMILES string of the molecule is COC(=O)c1c(O)c(O)c(C(=O)OC)n1-c1ccc(Br)cc1. The molecule has 1 aromatic carbocycles. The Balaban J connectivity index is 2.83. The van der Waals surface area contributed by atoms with Crippen LogP contribution in [0, 0.1) is 0 Å². The Morgan fingerprint density at radius 2 is 1.36 bits per heavy atom. The van der Waals surface area contributed by atoms with E-state index < -0.39 is 23.4 Å². The summed E-state index contributed by atoms with van der Waals surface area (Å²) in [6, 6.07) is 6.51. The van der Waals surface area contributed by atoms with Crippen LogP contribution in [0.5, 0.6) is 11.5 Å². The van der Waals surface area contributed by atoms with Crippen LogP contribution in [0.15, 0.2) is 28.7 Å². The van der Waals surface area contributed by atoms with E-state index in [1.54, 1.807) is 24.3 Å². The molecule has 0 aliphatic carbocycles. The first kappa shape index (κ1) is 15.9. The molecular weight excluding hydrogens is 358 g/mol. The molecule has 0 aliphatic rings. The maximum Gasteiger partial charge on any atom is 0.359 e. The fourth-order valence-corrected chi connectivity index (χ4v) is 2.23. The maximum absolute atomic E-state index is 11.9. The van der Waals surface area contributed by atoms with Crippen LogP contribution < -0.4 is 0 Å². The third-order valence-electron chi connectivity index (χ3n) is 2.96. The van der Waals surface area contributed by atoms with Gasteiger partial charge in [-0.3, -0.25) is 4.57 Å². The molecule has 0 fully saturated rings. The number of esters is 2. The van der Waals surface area contributed by atoms with Gasteiger partial charge < -0.3 is 19.7 Å². The number of halogens is 1. The molecule has 7 nitrogen and oxygen atoms in total. The zero-order chi connectivity index (χ0) is 16.4. The number of ether oxygens (including phenoxy) is 2. The first-order chi connectivity index (χ1) is 10.4. The molecule has 2 N–H and O–H groups in total. The molecule has 8 heteroatoms. The van der Waals surface area contributed by atoms with E-state index in [9.17, 15) is 19.8 Å². The van der Waals surface area contributed by atoms with E-state index >= 15 is 0 Å². The van der Waals surface area contributed by atoms with Crippen molar-refractivity contribution >= 4 is 27.9 Å². The zero-order valence-corrected chi connectivity index (χ0v) is 13.2. The monoisotopic (exact) mass is 369 g/mol. The van der Waals surface area contributed by atoms with Gasteiger partial charge in [-0.25, -0.2) is 9.59 Å². The van der Waals surface area contributed by atoms with Crippen LogP contribution in [0.3, 0.4) is 0 Å². The third-order valence-corrected chi connectivity index (χ3v) is 3.49. The molecule has 22 heavy (non-hydrogen) atoms. The molecule has 0 atom stereocenters. The fourth-order valence-electron chi connectivity index (χ4n) is 1.97. The van der Waals surface area contributed by atoms with Gasteiger partial charge in [-0.05, 0) is 24.3 Å². The number of carbonyl (C=O) groups excluding carboxylic acids is 2. The summed E-state index contributed by atoms with van der Waals surface area (Å²) in [6.07, 6.45) is 0. The van der Waals surface area contributed by atoms with Gasteiger partial charge >= 0.3 is 11.9 Å². The van der Waals surface area contributed by atoms with E-state index in [2.05, 4.69) is 25.4 Å². The Labute approximate surface area is 133 Å². The predicted octanol–water partition coefficient (Wildman–Crippen LogP) is 2.22. The molecule has 0 amide bonds. The Kier molecular flexibility index (Phi) is 4.41. The highest BCUT2D eigenvalue weighted by Gasteiger charge is 2.32. The highest BCUT2D eigenvalue weighted by atomic mass is 79.9. The molecule has 116 valence electrons. The molecule has 0 saturated heterocycles. The largest absolute Gasteiger partial charge is 0.503 e. The minimum atomic E-state index is -0.911. The van der Waals surface area contributed by atoms with Gasteiger partial charge in [-0.15, -0.1) is 0 Å². The van der Waals surface area contributed by atoms with Crippen LogP contribution in [0.1, 0.15) is 21.0 Å². The Bertz CT molecular complexity index is 695. The topological polar surface area (TPSA) is 98.0 Å². The van der Waals surface area contributed by atoms with Gasteiger partial charge in [0, 0.05) is 10.2 Å². The summed E-state index contributed by atoms with van der Waals surface area (Å²) >= 11 is 3.27. The zero-order valence-electron chi connectivity index (χ0n) is 11.7. The number of hydrogen-bond donors (Lipinski definition) is 2. The normalized spacial score (nSPS) is 10.3. The van der Waals surface area contributed by atoms with Gasteiger partial charge in [-0.2, -0.15) is 0 Å². The molecule has 0 saturated carbocycles. The first-order valence-corrected chi connectivity index (χ1v) is 6.80. The highest BCUT2D eigenvalue weighted by molar-refractivity contribution is 9.10. The quantitative estimate of drug-likeness (QED) is 0.805. The summed E-state index contributed by atoms with van der Waals surface area (Å²) in [5.74, 6) is -3.33. The van der Waals surface area contributed by atoms with Gasteiger partial charge in [0.25, 0.3) is 0 Å². The van der Waals surface area contributed by atoms with Crippen molar-refractivity contribution < 1.29 is 29.3 Å². The van der Waals surface area contributed by atoms with Crippen molar-refractivity contribution in [3.8, 4) is 17.2 Å². The van der Waals surface area contributed by atoms with E-state index in [0.717, 1.165) is 23.3 Å². The first-order valence-electron chi connectivity index (χ1n) is 6.01. The van der Waals surface area contributed by atoms with Gasteiger partial charge in [0.05, 0.1) is 14.2 Å². The second-order valence-electron chi connectivity index (χ2n) is 4.19. The Hall–Kier alpha value is -2.48. The summed E-state index contributed by atoms with van der Waals surface area (Å²) in [4.78, 5) is 23.8. The lowest BCUT2D eigenvalue weighted by Crippen LogP contribution is -2.15. The second-order valence-corrected chi connectivity index (χ2v) is 5.11. The van der Waals surface area contributed by atoms with E-state index in [0.29, 0.717) is 5.69 Å². The summed E-state index contributed by atoms with van der Waals surface area (Å²) < 4.78 is 11.0. The molecular formula is C14H12BrNO6. The molecule has 1 heterocycles. The minimum Gasteiger partial charge on any atom is -0.503 e. The minimum absolute atomic E-state index is 0.361. The molecule has 2 aromatic rings. The van der Waals surface area contributed by atoms with Crippen molar-refractivity contribution in [3.05, 3.63) is 40.1 Å². The number of benzene rings is 1. The van der Waals surface area contributed by atoms with Crippen LogP contribution >= 0.6 is 15.9 Å². The van der Waals surface area contributed by atoms with E-state index in [1.807, 2.05) is 0 Å². The average Bonchev–Trinajstić information content (AvgIpc) is 2.78. The Morgan fingerprint density at radius 3 is 1.73 bits per heavy atom.